The Morgan fingerprint density at radius 2 is 1.36 bits per heavy atom. The van der Waals surface area contributed by atoms with Gasteiger partial charge < -0.3 is 14.0 Å². The van der Waals surface area contributed by atoms with Gasteiger partial charge in [-0.1, -0.05) is 48.5 Å². The van der Waals surface area contributed by atoms with Gasteiger partial charge in [0.15, 0.2) is 16.2 Å². The first-order valence-corrected chi connectivity index (χ1v) is 12.1. The van der Waals surface area contributed by atoms with E-state index in [1.54, 1.807) is 7.11 Å². The molecule has 36 heavy (non-hydrogen) atoms. The van der Waals surface area contributed by atoms with Gasteiger partial charge in [0.2, 0.25) is 6.10 Å². The van der Waals surface area contributed by atoms with Crippen LogP contribution in [0.2, 0.25) is 0 Å². The normalized spacial score (nSPS) is 17.4. The molecule has 0 aliphatic carbocycles. The zero-order valence-corrected chi connectivity index (χ0v) is 20.5. The van der Waals surface area contributed by atoms with Crippen LogP contribution in [-0.2, 0) is 10.1 Å². The van der Waals surface area contributed by atoms with E-state index in [1.807, 2.05) is 48.5 Å². The largest absolute Gasteiger partial charge is 0.741 e. The summed E-state index contributed by atoms with van der Waals surface area (Å²) in [7, 11) is -0.275. The zero-order chi connectivity index (χ0) is 26.5. The molecule has 0 saturated carbocycles. The van der Waals surface area contributed by atoms with E-state index in [9.17, 15) is 13.2 Å². The van der Waals surface area contributed by atoms with Gasteiger partial charge in [0.25, 0.3) is 5.84 Å². The number of rotatable bonds is 5. The summed E-state index contributed by atoms with van der Waals surface area (Å²) in [6.07, 6.45) is -0.0677. The smallest absolute Gasteiger partial charge is 0.485 e. The highest BCUT2D eigenvalue weighted by Crippen LogP contribution is 2.42. The van der Waals surface area contributed by atoms with Crippen molar-refractivity contribution in [3.8, 4) is 11.5 Å². The molecule has 0 unspecified atom stereocenters. The highest BCUT2D eigenvalue weighted by atomic mass is 32.2. The van der Waals surface area contributed by atoms with E-state index in [0.29, 0.717) is 0 Å². The Labute approximate surface area is 207 Å². The number of para-hydroxylation sites is 1. The number of anilines is 1. The molecule has 3 aromatic carbocycles. The number of methoxy groups -OCH3 is 1. The molecule has 11 heteroatoms. The average molecular weight is 523 g/mol. The Bertz CT molecular complexity index is 1280. The van der Waals surface area contributed by atoms with Crippen molar-refractivity contribution in [1.29, 1.82) is 0 Å². The molecular formula is C25H25F3N2O5S. The minimum atomic E-state index is -6.09. The second kappa shape index (κ2) is 11.0. The third kappa shape index (κ3) is 6.16. The van der Waals surface area contributed by atoms with Crippen LogP contribution in [0.3, 0.4) is 0 Å². The van der Waals surface area contributed by atoms with Crippen LogP contribution in [0.5, 0.6) is 11.5 Å². The molecule has 4 rings (SSSR count). The van der Waals surface area contributed by atoms with Crippen LogP contribution in [-0.4, -0.2) is 56.2 Å². The minimum absolute atomic E-state index is 0.0677. The van der Waals surface area contributed by atoms with E-state index in [4.69, 9.17) is 22.4 Å². The molecule has 3 aromatic rings. The number of hydrogen-bond donors (Lipinski definition) is 0. The lowest BCUT2D eigenvalue weighted by Crippen LogP contribution is -2.64. The van der Waals surface area contributed by atoms with Crippen LogP contribution in [0.1, 0.15) is 11.6 Å². The Morgan fingerprint density at radius 3 is 1.81 bits per heavy atom. The topological polar surface area (TPSA) is 81.9 Å². The van der Waals surface area contributed by atoms with Crippen LogP contribution in [0, 0.1) is 0 Å². The van der Waals surface area contributed by atoms with Crippen molar-refractivity contribution in [2.45, 2.75) is 17.7 Å². The lowest BCUT2D eigenvalue weighted by atomic mass is 9.88. The molecule has 0 amide bonds. The van der Waals surface area contributed by atoms with Crippen LogP contribution in [0.15, 0.2) is 84.9 Å². The van der Waals surface area contributed by atoms with Gasteiger partial charge in [-0.05, 0) is 36.4 Å². The van der Waals surface area contributed by atoms with Crippen LogP contribution < -0.4 is 14.4 Å². The fraction of sp³-hybridized carbons (Fsp3) is 0.240. The van der Waals surface area contributed by atoms with Gasteiger partial charge in [-0.25, -0.2) is 13.3 Å². The molecule has 0 spiro atoms. The summed E-state index contributed by atoms with van der Waals surface area (Å²) < 4.78 is 72.8. The number of nitrogens with zero attached hydrogens (tertiary/aromatic N) is 2. The first kappa shape index (κ1) is 27.0. The Morgan fingerprint density at radius 1 is 0.861 bits per heavy atom. The summed E-state index contributed by atoms with van der Waals surface area (Å²) >= 11 is 0. The van der Waals surface area contributed by atoms with Gasteiger partial charge >= 0.3 is 5.51 Å². The molecule has 0 bridgehead atoms. The summed E-state index contributed by atoms with van der Waals surface area (Å²) in [6.45, 7) is 0. The van der Waals surface area contributed by atoms with Crippen molar-refractivity contribution in [1.82, 2.24) is 0 Å². The standard InChI is InChI=1S/C24H25N2O2.CHF3O3S/c1-25(2)24-23(28-21-12-8-5-9-13-21)22(18-10-6-4-7-11-18)26(24)19-14-16-20(27-3)17-15-19;2-1(3,4)8(5,6)7/h4-17,22-23H,1-3H3;(H,5,6,7)/q+1;/p-1/t22-,23+;/m1./s1. The maximum atomic E-state index is 10.7. The lowest BCUT2D eigenvalue weighted by Gasteiger charge is -2.43. The summed E-state index contributed by atoms with van der Waals surface area (Å²) in [5.41, 5.74) is -3.30. The molecule has 2 atom stereocenters. The van der Waals surface area contributed by atoms with E-state index < -0.39 is 15.6 Å². The van der Waals surface area contributed by atoms with Crippen LogP contribution in [0.4, 0.5) is 18.9 Å². The molecule has 1 heterocycles. The van der Waals surface area contributed by atoms with Crippen molar-refractivity contribution in [2.75, 3.05) is 26.1 Å². The number of alkyl halides is 3. The Hall–Kier alpha value is -3.57. The monoisotopic (exact) mass is 522 g/mol. The van der Waals surface area contributed by atoms with Crippen LogP contribution >= 0.6 is 0 Å². The van der Waals surface area contributed by atoms with Crippen molar-refractivity contribution < 1.29 is 40.2 Å². The summed E-state index contributed by atoms with van der Waals surface area (Å²) in [5, 5.41) is 0. The van der Waals surface area contributed by atoms with E-state index in [2.05, 4.69) is 60.0 Å². The second-order valence-corrected chi connectivity index (χ2v) is 9.30. The molecule has 0 radical (unpaired) electrons. The fourth-order valence-corrected chi connectivity index (χ4v) is 3.72. The first-order valence-electron chi connectivity index (χ1n) is 10.7. The van der Waals surface area contributed by atoms with E-state index in [-0.39, 0.29) is 12.1 Å². The van der Waals surface area contributed by atoms with Gasteiger partial charge in [-0.15, -0.1) is 0 Å². The van der Waals surface area contributed by atoms with Crippen LogP contribution in [0.25, 0.3) is 0 Å². The number of halogens is 3. The molecular weight excluding hydrogens is 497 g/mol. The fourth-order valence-electron chi connectivity index (χ4n) is 3.72. The third-order valence-electron chi connectivity index (χ3n) is 5.31. The van der Waals surface area contributed by atoms with E-state index in [1.165, 1.54) is 5.56 Å². The van der Waals surface area contributed by atoms with E-state index in [0.717, 1.165) is 23.0 Å². The minimum Gasteiger partial charge on any atom is -0.741 e. The van der Waals surface area contributed by atoms with Gasteiger partial charge in [-0.2, -0.15) is 13.2 Å². The molecule has 192 valence electrons. The highest BCUT2D eigenvalue weighted by molar-refractivity contribution is 7.86. The Balaban J connectivity index is 0.000000392. The summed E-state index contributed by atoms with van der Waals surface area (Å²) in [5.74, 6) is 2.86. The molecule has 1 fully saturated rings. The van der Waals surface area contributed by atoms with Crippen molar-refractivity contribution >= 4 is 21.6 Å². The molecule has 7 nitrogen and oxygen atoms in total. The van der Waals surface area contributed by atoms with Crippen molar-refractivity contribution in [3.63, 3.8) is 0 Å². The Kier molecular flexibility index (Phi) is 8.26. The summed E-state index contributed by atoms with van der Waals surface area (Å²) in [4.78, 5) is 2.34. The zero-order valence-electron chi connectivity index (χ0n) is 19.7. The van der Waals surface area contributed by atoms with E-state index >= 15 is 0 Å². The summed E-state index contributed by atoms with van der Waals surface area (Å²) in [6, 6.07) is 28.8. The molecule has 0 aromatic heterocycles. The van der Waals surface area contributed by atoms with Crippen molar-refractivity contribution in [2.24, 2.45) is 0 Å². The predicted octanol–water partition coefficient (Wildman–Crippen LogP) is 4.43. The maximum absolute atomic E-state index is 10.7. The van der Waals surface area contributed by atoms with Gasteiger partial charge in [0, 0.05) is 5.56 Å². The average Bonchev–Trinajstić information content (AvgIpc) is 2.82. The quantitative estimate of drug-likeness (QED) is 0.280. The predicted molar refractivity (Wildman–Crippen MR) is 128 cm³/mol. The van der Waals surface area contributed by atoms with Gasteiger partial charge in [0.1, 0.15) is 17.2 Å². The second-order valence-electron chi connectivity index (χ2n) is 7.93. The number of benzene rings is 3. The lowest BCUT2D eigenvalue weighted by molar-refractivity contribution is -0.471. The third-order valence-corrected chi connectivity index (χ3v) is 5.87. The van der Waals surface area contributed by atoms with Gasteiger partial charge in [0.05, 0.1) is 21.2 Å². The number of hydrogen-bond acceptors (Lipinski definition) is 5. The van der Waals surface area contributed by atoms with Gasteiger partial charge in [-0.3, -0.25) is 4.58 Å². The molecule has 1 saturated heterocycles. The highest BCUT2D eigenvalue weighted by Gasteiger charge is 2.57. The van der Waals surface area contributed by atoms with Crippen molar-refractivity contribution in [3.05, 3.63) is 90.5 Å². The SMILES string of the molecule is COc1ccc(N2C(=[N+](C)C)[C@@H](Oc3ccccc3)[C@H]2c2ccccc2)cc1.O=S(=O)([O-])C(F)(F)F. The number of ether oxygens (including phenoxy) is 2. The molecule has 0 N–H and O–H groups in total. The maximum Gasteiger partial charge on any atom is 0.485 e. The molecule has 1 aliphatic heterocycles. The molecule has 1 aliphatic rings. The first-order chi connectivity index (χ1) is 16.9. The number of amidine groups is 1.